The lowest BCUT2D eigenvalue weighted by atomic mass is 10.2. The van der Waals surface area contributed by atoms with Gasteiger partial charge in [0.1, 0.15) is 4.88 Å². The summed E-state index contributed by atoms with van der Waals surface area (Å²) in [4.78, 5) is 23.9. The molecule has 0 aliphatic carbocycles. The Balaban J connectivity index is 1.45. The number of amides is 1. The third-order valence-electron chi connectivity index (χ3n) is 3.04. The Kier molecular flexibility index (Phi) is 4.82. The fourth-order valence-electron chi connectivity index (χ4n) is 1.93. The van der Waals surface area contributed by atoms with Crippen molar-refractivity contribution in [1.82, 2.24) is 5.32 Å². The Morgan fingerprint density at radius 2 is 2.04 bits per heavy atom. The highest BCUT2D eigenvalue weighted by atomic mass is 79.9. The maximum Gasteiger partial charge on any atom is 0.348 e. The molecule has 0 unspecified atom stereocenters. The predicted octanol–water partition coefficient (Wildman–Crippen LogP) is 2.71. The summed E-state index contributed by atoms with van der Waals surface area (Å²) < 4.78 is 16.3. The lowest BCUT2D eigenvalue weighted by molar-refractivity contribution is -0.124. The van der Waals surface area contributed by atoms with Gasteiger partial charge >= 0.3 is 5.97 Å². The minimum absolute atomic E-state index is 0.208. The molecule has 3 rings (SSSR count). The second kappa shape index (κ2) is 7.01. The Hall–Kier alpha value is -2.06. The normalized spacial score (nSPS) is 12.0. The van der Waals surface area contributed by atoms with Gasteiger partial charge in [-0.2, -0.15) is 0 Å². The number of esters is 1. The van der Waals surface area contributed by atoms with Gasteiger partial charge in [-0.15, -0.1) is 11.3 Å². The van der Waals surface area contributed by atoms with Crippen molar-refractivity contribution in [2.75, 3.05) is 13.4 Å². The molecule has 0 radical (unpaired) electrons. The third kappa shape index (κ3) is 4.02. The van der Waals surface area contributed by atoms with Gasteiger partial charge in [0.05, 0.1) is 3.79 Å². The first kappa shape index (κ1) is 15.8. The molecule has 1 aromatic heterocycles. The van der Waals surface area contributed by atoms with E-state index in [1.54, 1.807) is 24.3 Å². The molecule has 0 atom stereocenters. The first-order valence-electron chi connectivity index (χ1n) is 6.69. The van der Waals surface area contributed by atoms with Gasteiger partial charge in [0.15, 0.2) is 18.1 Å². The molecule has 2 aromatic rings. The predicted molar refractivity (Wildman–Crippen MR) is 86.7 cm³/mol. The van der Waals surface area contributed by atoms with Gasteiger partial charge in [0.2, 0.25) is 6.79 Å². The quantitative estimate of drug-likeness (QED) is 0.785. The van der Waals surface area contributed by atoms with Crippen LogP contribution in [0.15, 0.2) is 34.1 Å². The molecule has 0 spiro atoms. The number of halogens is 1. The van der Waals surface area contributed by atoms with Gasteiger partial charge in [-0.05, 0) is 45.8 Å². The van der Waals surface area contributed by atoms with Crippen LogP contribution in [-0.4, -0.2) is 25.3 Å². The average molecular weight is 398 g/mol. The summed E-state index contributed by atoms with van der Waals surface area (Å²) in [7, 11) is 0. The molecule has 1 aliphatic rings. The van der Waals surface area contributed by atoms with E-state index in [4.69, 9.17) is 14.2 Å². The van der Waals surface area contributed by atoms with Gasteiger partial charge in [-0.3, -0.25) is 4.79 Å². The van der Waals surface area contributed by atoms with Crippen LogP contribution in [0.1, 0.15) is 15.2 Å². The van der Waals surface area contributed by atoms with E-state index < -0.39 is 5.97 Å². The van der Waals surface area contributed by atoms with Crippen molar-refractivity contribution < 1.29 is 23.8 Å². The van der Waals surface area contributed by atoms with E-state index in [1.807, 2.05) is 6.07 Å². The van der Waals surface area contributed by atoms with Gasteiger partial charge in [0, 0.05) is 6.54 Å². The Morgan fingerprint density at radius 1 is 1.22 bits per heavy atom. The van der Waals surface area contributed by atoms with Crippen molar-refractivity contribution in [3.05, 3.63) is 44.6 Å². The molecular formula is C15H12BrNO5S. The molecular weight excluding hydrogens is 386 g/mol. The van der Waals surface area contributed by atoms with E-state index >= 15 is 0 Å². The zero-order valence-electron chi connectivity index (χ0n) is 11.8. The van der Waals surface area contributed by atoms with E-state index in [2.05, 4.69) is 21.2 Å². The van der Waals surface area contributed by atoms with E-state index in [-0.39, 0.29) is 19.3 Å². The summed E-state index contributed by atoms with van der Waals surface area (Å²) in [6.07, 6.45) is 0. The third-order valence-corrected chi connectivity index (χ3v) is 4.64. The number of fused-ring (bicyclic) bond motifs is 1. The largest absolute Gasteiger partial charge is 0.454 e. The molecule has 1 aromatic carbocycles. The van der Waals surface area contributed by atoms with E-state index in [0.29, 0.717) is 22.9 Å². The van der Waals surface area contributed by atoms with Crippen LogP contribution < -0.4 is 14.8 Å². The van der Waals surface area contributed by atoms with Crippen molar-refractivity contribution in [3.8, 4) is 11.5 Å². The summed E-state index contributed by atoms with van der Waals surface area (Å²) in [6.45, 7) is 0.205. The van der Waals surface area contributed by atoms with Crippen molar-refractivity contribution >= 4 is 39.1 Å². The molecule has 23 heavy (non-hydrogen) atoms. The fraction of sp³-hybridized carbons (Fsp3) is 0.200. The Bertz CT molecular complexity index is 745. The number of hydrogen-bond acceptors (Lipinski definition) is 6. The van der Waals surface area contributed by atoms with Crippen LogP contribution in [0, 0.1) is 0 Å². The molecule has 0 saturated heterocycles. The molecule has 1 aliphatic heterocycles. The maximum absolute atomic E-state index is 11.7. The SMILES string of the molecule is O=C(COC(=O)c1ccc(Br)s1)NCc1ccc2c(c1)OCO2. The van der Waals surface area contributed by atoms with Gasteiger partial charge < -0.3 is 19.5 Å². The number of carbonyl (C=O) groups is 2. The highest BCUT2D eigenvalue weighted by molar-refractivity contribution is 9.11. The molecule has 6 nitrogen and oxygen atoms in total. The number of nitrogens with one attached hydrogen (secondary N) is 1. The van der Waals surface area contributed by atoms with Crippen molar-refractivity contribution in [3.63, 3.8) is 0 Å². The lowest BCUT2D eigenvalue weighted by Crippen LogP contribution is -2.28. The van der Waals surface area contributed by atoms with E-state index in [0.717, 1.165) is 9.35 Å². The lowest BCUT2D eigenvalue weighted by Gasteiger charge is -2.07. The second-order valence-corrected chi connectivity index (χ2v) is 7.11. The van der Waals surface area contributed by atoms with Gasteiger partial charge in [0.25, 0.3) is 5.91 Å². The fourth-order valence-corrected chi connectivity index (χ4v) is 3.21. The van der Waals surface area contributed by atoms with Crippen LogP contribution in [0.25, 0.3) is 0 Å². The molecule has 1 amide bonds. The number of benzene rings is 1. The maximum atomic E-state index is 11.7. The number of rotatable bonds is 5. The minimum atomic E-state index is -0.515. The van der Waals surface area contributed by atoms with Crippen molar-refractivity contribution in [2.45, 2.75) is 6.54 Å². The monoisotopic (exact) mass is 397 g/mol. The number of ether oxygens (including phenoxy) is 3. The summed E-state index contributed by atoms with van der Waals surface area (Å²) in [6, 6.07) is 8.82. The van der Waals surface area contributed by atoms with Crippen molar-refractivity contribution in [1.29, 1.82) is 0 Å². The minimum Gasteiger partial charge on any atom is -0.454 e. The highest BCUT2D eigenvalue weighted by Crippen LogP contribution is 2.32. The van der Waals surface area contributed by atoms with E-state index in [9.17, 15) is 9.59 Å². The van der Waals surface area contributed by atoms with Crippen LogP contribution in [-0.2, 0) is 16.1 Å². The first-order chi connectivity index (χ1) is 11.1. The van der Waals surface area contributed by atoms with Gasteiger partial charge in [-0.1, -0.05) is 6.07 Å². The van der Waals surface area contributed by atoms with E-state index in [1.165, 1.54) is 11.3 Å². The number of thiophene rings is 1. The molecule has 0 saturated carbocycles. The summed E-state index contributed by atoms with van der Waals surface area (Å²) in [5, 5.41) is 2.68. The topological polar surface area (TPSA) is 73.9 Å². The van der Waals surface area contributed by atoms with Crippen molar-refractivity contribution in [2.24, 2.45) is 0 Å². The summed E-state index contributed by atoms with van der Waals surface area (Å²) in [5.74, 6) is 0.466. The summed E-state index contributed by atoms with van der Waals surface area (Å²) >= 11 is 4.52. The molecule has 0 fully saturated rings. The molecule has 1 N–H and O–H groups in total. The molecule has 0 bridgehead atoms. The zero-order chi connectivity index (χ0) is 16.2. The highest BCUT2D eigenvalue weighted by Gasteiger charge is 2.14. The van der Waals surface area contributed by atoms with Crippen LogP contribution >= 0.6 is 27.3 Å². The smallest absolute Gasteiger partial charge is 0.348 e. The van der Waals surface area contributed by atoms with Crippen LogP contribution in [0.4, 0.5) is 0 Å². The molecule has 120 valence electrons. The second-order valence-electron chi connectivity index (χ2n) is 4.64. The van der Waals surface area contributed by atoms with Crippen LogP contribution in [0.5, 0.6) is 11.5 Å². The van der Waals surface area contributed by atoms with Crippen LogP contribution in [0.2, 0.25) is 0 Å². The standard InChI is InChI=1S/C15H12BrNO5S/c16-13-4-3-12(23-13)15(19)20-7-14(18)17-6-9-1-2-10-11(5-9)22-8-21-10/h1-5H,6-8H2,(H,17,18). The average Bonchev–Trinajstić information content (AvgIpc) is 3.18. The molecule has 8 heteroatoms. The number of carbonyl (C=O) groups excluding carboxylic acids is 2. The zero-order valence-corrected chi connectivity index (χ0v) is 14.2. The summed E-state index contributed by atoms with van der Waals surface area (Å²) in [5.41, 5.74) is 0.871. The van der Waals surface area contributed by atoms with Gasteiger partial charge in [-0.25, -0.2) is 4.79 Å². The van der Waals surface area contributed by atoms with Crippen LogP contribution in [0.3, 0.4) is 0 Å². The number of hydrogen-bond donors (Lipinski definition) is 1. The Morgan fingerprint density at radius 3 is 2.83 bits per heavy atom. The molecule has 2 heterocycles. The Labute approximate surface area is 144 Å². The first-order valence-corrected chi connectivity index (χ1v) is 8.30.